The van der Waals surface area contributed by atoms with Gasteiger partial charge in [0, 0.05) is 31.7 Å². The van der Waals surface area contributed by atoms with E-state index in [1.807, 2.05) is 18.7 Å². The molecule has 1 spiro atoms. The molecule has 0 aromatic carbocycles. The minimum Gasteiger partial charge on any atom is -0.369 e. The highest BCUT2D eigenvalue weighted by molar-refractivity contribution is 5.86. The maximum Gasteiger partial charge on any atom is 0.252 e. The molecule has 8 nitrogen and oxygen atoms in total. The average molecular weight is 347 g/mol. The van der Waals surface area contributed by atoms with Crippen LogP contribution in [-0.2, 0) is 16.0 Å². The fourth-order valence-electron chi connectivity index (χ4n) is 3.94. The Hall–Kier alpha value is -2.38. The number of amides is 2. The number of nitrogens with one attached hydrogen (secondary N) is 1. The van der Waals surface area contributed by atoms with Gasteiger partial charge in [-0.15, -0.1) is 0 Å². The Kier molecular flexibility index (Phi) is 4.53. The van der Waals surface area contributed by atoms with Gasteiger partial charge in [-0.05, 0) is 33.1 Å². The zero-order chi connectivity index (χ0) is 18.2. The first-order valence-electron chi connectivity index (χ1n) is 8.75. The molecule has 0 unspecified atom stereocenters. The molecule has 0 radical (unpaired) electrons. The van der Waals surface area contributed by atoms with Crippen LogP contribution in [0.5, 0.6) is 0 Å². The van der Waals surface area contributed by atoms with Crippen LogP contribution in [0.25, 0.3) is 0 Å². The van der Waals surface area contributed by atoms with Crippen LogP contribution in [0.2, 0.25) is 0 Å². The molecule has 2 amide bonds. The van der Waals surface area contributed by atoms with Crippen molar-refractivity contribution in [1.82, 2.24) is 19.8 Å². The van der Waals surface area contributed by atoms with E-state index in [-0.39, 0.29) is 35.8 Å². The standard InChI is InChI=1S/C17H25N5O3/c1-11(2)22-6-3-4-17(15(22)25)5-7-21(10-17)14(24)9-12-8-13(23)20-16(18)19-12/h8,11H,3-7,9-10H2,1-2H3,(H3,18,19,20,23)/t17-/m1/s1. The Labute approximate surface area is 146 Å². The predicted octanol–water partition coefficient (Wildman–Crippen LogP) is 0.144. The maximum absolute atomic E-state index is 12.9. The van der Waals surface area contributed by atoms with Crippen molar-refractivity contribution in [3.63, 3.8) is 0 Å². The van der Waals surface area contributed by atoms with E-state index in [2.05, 4.69) is 9.97 Å². The summed E-state index contributed by atoms with van der Waals surface area (Å²) in [6.07, 6.45) is 2.52. The van der Waals surface area contributed by atoms with Crippen LogP contribution in [0.1, 0.15) is 38.8 Å². The lowest BCUT2D eigenvalue weighted by molar-refractivity contribution is -0.148. The number of carbonyl (C=O) groups excluding carboxylic acids is 2. The lowest BCUT2D eigenvalue weighted by Crippen LogP contribution is -2.52. The Morgan fingerprint density at radius 2 is 2.12 bits per heavy atom. The monoisotopic (exact) mass is 347 g/mol. The first kappa shape index (κ1) is 17.4. The number of aromatic amines is 1. The van der Waals surface area contributed by atoms with E-state index < -0.39 is 5.41 Å². The summed E-state index contributed by atoms with van der Waals surface area (Å²) in [5.41, 5.74) is 5.06. The third-order valence-corrected chi connectivity index (χ3v) is 5.24. The molecule has 0 saturated carbocycles. The third-order valence-electron chi connectivity index (χ3n) is 5.24. The molecule has 2 aliphatic heterocycles. The molecule has 1 aromatic rings. The van der Waals surface area contributed by atoms with Crippen LogP contribution in [0.4, 0.5) is 5.95 Å². The fraction of sp³-hybridized carbons (Fsp3) is 0.647. The third kappa shape index (κ3) is 3.38. The average Bonchev–Trinajstić information content (AvgIpc) is 2.94. The van der Waals surface area contributed by atoms with Crippen molar-refractivity contribution in [3.8, 4) is 0 Å². The number of likely N-dealkylation sites (tertiary alicyclic amines) is 2. The molecule has 0 aliphatic carbocycles. The number of rotatable bonds is 3. The summed E-state index contributed by atoms with van der Waals surface area (Å²) >= 11 is 0. The molecule has 3 rings (SSSR count). The number of hydrogen-bond donors (Lipinski definition) is 2. The van der Waals surface area contributed by atoms with Gasteiger partial charge in [-0.25, -0.2) is 4.98 Å². The van der Waals surface area contributed by atoms with Crippen LogP contribution < -0.4 is 11.3 Å². The van der Waals surface area contributed by atoms with Gasteiger partial charge in [-0.2, -0.15) is 0 Å². The van der Waals surface area contributed by atoms with Crippen LogP contribution in [0.3, 0.4) is 0 Å². The predicted molar refractivity (Wildman–Crippen MR) is 92.7 cm³/mol. The largest absolute Gasteiger partial charge is 0.369 e. The normalized spacial score (nSPS) is 23.7. The number of nitrogen functional groups attached to an aromatic ring is 1. The minimum atomic E-state index is -0.446. The van der Waals surface area contributed by atoms with Crippen molar-refractivity contribution < 1.29 is 9.59 Å². The molecule has 3 N–H and O–H groups in total. The highest BCUT2D eigenvalue weighted by Crippen LogP contribution is 2.40. The zero-order valence-corrected chi connectivity index (χ0v) is 14.7. The summed E-state index contributed by atoms with van der Waals surface area (Å²) in [6.45, 7) is 5.86. The summed E-state index contributed by atoms with van der Waals surface area (Å²) < 4.78 is 0. The van der Waals surface area contributed by atoms with E-state index in [0.29, 0.717) is 25.2 Å². The lowest BCUT2D eigenvalue weighted by Gasteiger charge is -2.41. The molecule has 25 heavy (non-hydrogen) atoms. The lowest BCUT2D eigenvalue weighted by atomic mass is 9.78. The number of aromatic nitrogens is 2. The number of hydrogen-bond acceptors (Lipinski definition) is 5. The second kappa shape index (κ2) is 6.50. The van der Waals surface area contributed by atoms with Crippen molar-refractivity contribution >= 4 is 17.8 Å². The molecule has 0 bridgehead atoms. The molecular formula is C17H25N5O3. The zero-order valence-electron chi connectivity index (χ0n) is 14.7. The summed E-state index contributed by atoms with van der Waals surface area (Å²) in [6, 6.07) is 1.46. The van der Waals surface area contributed by atoms with Gasteiger partial charge in [-0.3, -0.25) is 19.4 Å². The SMILES string of the molecule is CC(C)N1CCC[C@]2(CCN(C(=O)Cc3cc(=O)[nH]c(N)n3)C2)C1=O. The number of carbonyl (C=O) groups is 2. The second-order valence-corrected chi connectivity index (χ2v) is 7.34. The van der Waals surface area contributed by atoms with Crippen molar-refractivity contribution in [3.05, 3.63) is 22.1 Å². The van der Waals surface area contributed by atoms with E-state index >= 15 is 0 Å². The molecule has 2 fully saturated rings. The second-order valence-electron chi connectivity index (χ2n) is 7.34. The molecule has 2 saturated heterocycles. The first-order valence-corrected chi connectivity index (χ1v) is 8.75. The number of anilines is 1. The molecule has 136 valence electrons. The van der Waals surface area contributed by atoms with Gasteiger partial charge < -0.3 is 15.5 Å². The number of nitrogens with two attached hydrogens (primary N) is 1. The maximum atomic E-state index is 12.9. The van der Waals surface area contributed by atoms with Crippen molar-refractivity contribution in [1.29, 1.82) is 0 Å². The summed E-state index contributed by atoms with van der Waals surface area (Å²) in [5.74, 6) is 0.0506. The van der Waals surface area contributed by atoms with Gasteiger partial charge in [0.2, 0.25) is 17.8 Å². The van der Waals surface area contributed by atoms with Gasteiger partial charge in [0.15, 0.2) is 0 Å². The van der Waals surface area contributed by atoms with Gasteiger partial charge in [0.25, 0.3) is 5.56 Å². The number of nitrogens with zero attached hydrogens (tertiary/aromatic N) is 3. The Bertz CT molecular complexity index is 744. The van der Waals surface area contributed by atoms with Gasteiger partial charge >= 0.3 is 0 Å². The highest BCUT2D eigenvalue weighted by Gasteiger charge is 2.49. The van der Waals surface area contributed by atoms with E-state index in [1.165, 1.54) is 6.07 Å². The van der Waals surface area contributed by atoms with Crippen LogP contribution in [-0.4, -0.2) is 57.3 Å². The molecule has 1 atom stereocenters. The van der Waals surface area contributed by atoms with Crippen LogP contribution in [0.15, 0.2) is 10.9 Å². The molecule has 8 heteroatoms. The Morgan fingerprint density at radius 3 is 2.80 bits per heavy atom. The van der Waals surface area contributed by atoms with Crippen molar-refractivity contribution in [2.75, 3.05) is 25.4 Å². The summed E-state index contributed by atoms with van der Waals surface area (Å²) in [4.78, 5) is 47.0. The van der Waals surface area contributed by atoms with Gasteiger partial charge in [-0.1, -0.05) is 0 Å². The van der Waals surface area contributed by atoms with E-state index in [1.54, 1.807) is 4.90 Å². The Morgan fingerprint density at radius 1 is 1.36 bits per heavy atom. The quantitative estimate of drug-likeness (QED) is 0.808. The smallest absolute Gasteiger partial charge is 0.252 e. The minimum absolute atomic E-state index is 0.00299. The first-order chi connectivity index (χ1) is 11.8. The van der Waals surface area contributed by atoms with Crippen LogP contribution in [0, 0.1) is 5.41 Å². The number of piperidine rings is 1. The summed E-state index contributed by atoms with van der Waals surface area (Å²) in [7, 11) is 0. The Balaban J connectivity index is 1.70. The van der Waals surface area contributed by atoms with Crippen molar-refractivity contribution in [2.24, 2.45) is 5.41 Å². The molecule has 3 heterocycles. The highest BCUT2D eigenvalue weighted by atomic mass is 16.2. The van der Waals surface area contributed by atoms with Crippen molar-refractivity contribution in [2.45, 2.75) is 45.6 Å². The molecule has 2 aliphatic rings. The van der Waals surface area contributed by atoms with E-state index in [9.17, 15) is 14.4 Å². The molecule has 1 aromatic heterocycles. The van der Waals surface area contributed by atoms with Gasteiger partial charge in [0.1, 0.15) is 0 Å². The van der Waals surface area contributed by atoms with E-state index in [0.717, 1.165) is 19.4 Å². The fourth-order valence-corrected chi connectivity index (χ4v) is 3.94. The molecular weight excluding hydrogens is 322 g/mol. The summed E-state index contributed by atoms with van der Waals surface area (Å²) in [5, 5.41) is 0. The van der Waals surface area contributed by atoms with Crippen LogP contribution >= 0.6 is 0 Å². The van der Waals surface area contributed by atoms with E-state index in [4.69, 9.17) is 5.73 Å². The number of H-pyrrole nitrogens is 1. The van der Waals surface area contributed by atoms with Gasteiger partial charge in [0.05, 0.1) is 17.5 Å². The topological polar surface area (TPSA) is 112 Å².